The van der Waals surface area contributed by atoms with Crippen LogP contribution in [0.4, 0.5) is 0 Å². The zero-order chi connectivity index (χ0) is 17.6. The molecule has 0 saturated carbocycles. The summed E-state index contributed by atoms with van der Waals surface area (Å²) in [4.78, 5) is 16.0. The van der Waals surface area contributed by atoms with Gasteiger partial charge in [-0.05, 0) is 37.5 Å². The van der Waals surface area contributed by atoms with Gasteiger partial charge in [0.05, 0.1) is 4.90 Å². The zero-order valence-corrected chi connectivity index (χ0v) is 14.6. The van der Waals surface area contributed by atoms with E-state index in [2.05, 4.69) is 16.3 Å². The third kappa shape index (κ3) is 4.92. The lowest BCUT2D eigenvalue weighted by atomic mass is 10.2. The second-order valence-corrected chi connectivity index (χ2v) is 7.41. The number of carbonyl (C=O) groups is 1. The predicted octanol–water partition coefficient (Wildman–Crippen LogP) is 2.40. The lowest BCUT2D eigenvalue weighted by molar-refractivity contribution is -0.142. The predicted molar refractivity (Wildman–Crippen MR) is 92.4 cm³/mol. The number of unbranched alkanes of at least 4 members (excludes halogenated alkanes) is 2. The molecule has 7 heteroatoms. The van der Waals surface area contributed by atoms with Gasteiger partial charge in [-0.2, -0.15) is 0 Å². The first-order chi connectivity index (χ1) is 11.4. The average molecular weight is 350 g/mol. The number of sulfonamides is 1. The molecule has 1 N–H and O–H groups in total. The Morgan fingerprint density at radius 2 is 2.00 bits per heavy atom. The van der Waals surface area contributed by atoms with Gasteiger partial charge in [0.25, 0.3) is 10.0 Å². The SMILES string of the molecule is C=C(C)COC(=O)CCCCCN=C1NS(=O)(=O)c2ccccc21. The Morgan fingerprint density at radius 1 is 1.25 bits per heavy atom. The van der Waals surface area contributed by atoms with Crippen molar-refractivity contribution in [1.82, 2.24) is 4.72 Å². The molecule has 1 aromatic carbocycles. The minimum atomic E-state index is -3.48. The molecule has 1 aliphatic heterocycles. The van der Waals surface area contributed by atoms with E-state index in [1.165, 1.54) is 0 Å². The Kier molecular flexibility index (Phi) is 6.14. The van der Waals surface area contributed by atoms with Gasteiger partial charge in [0.15, 0.2) is 0 Å². The Morgan fingerprint density at radius 3 is 2.75 bits per heavy atom. The minimum absolute atomic E-state index is 0.221. The highest BCUT2D eigenvalue weighted by atomic mass is 32.2. The van der Waals surface area contributed by atoms with Crippen molar-refractivity contribution in [2.24, 2.45) is 4.99 Å². The van der Waals surface area contributed by atoms with Gasteiger partial charge in [-0.25, -0.2) is 8.42 Å². The van der Waals surface area contributed by atoms with Crippen molar-refractivity contribution in [3.05, 3.63) is 42.0 Å². The van der Waals surface area contributed by atoms with Crippen LogP contribution in [-0.4, -0.2) is 33.4 Å². The summed E-state index contributed by atoms with van der Waals surface area (Å²) in [5.41, 5.74) is 1.43. The van der Waals surface area contributed by atoms with Crippen LogP contribution in [0.5, 0.6) is 0 Å². The van der Waals surface area contributed by atoms with Crippen molar-refractivity contribution in [2.45, 2.75) is 37.5 Å². The number of hydrogen-bond donors (Lipinski definition) is 1. The molecule has 0 atom stereocenters. The first-order valence-corrected chi connectivity index (χ1v) is 9.35. The van der Waals surface area contributed by atoms with Crippen LogP contribution in [0.15, 0.2) is 46.3 Å². The fourth-order valence-corrected chi connectivity index (χ4v) is 3.53. The third-order valence-corrected chi connectivity index (χ3v) is 4.85. The summed E-state index contributed by atoms with van der Waals surface area (Å²) in [6, 6.07) is 6.78. The van der Waals surface area contributed by atoms with E-state index < -0.39 is 10.0 Å². The summed E-state index contributed by atoms with van der Waals surface area (Å²) in [6.45, 7) is 6.26. The van der Waals surface area contributed by atoms with E-state index in [4.69, 9.17) is 4.74 Å². The molecule has 0 aromatic heterocycles. The fourth-order valence-electron chi connectivity index (χ4n) is 2.28. The summed E-state index contributed by atoms with van der Waals surface area (Å²) < 4.78 is 31.3. The largest absolute Gasteiger partial charge is 0.461 e. The van der Waals surface area contributed by atoms with Gasteiger partial charge in [-0.15, -0.1) is 0 Å². The van der Waals surface area contributed by atoms with Gasteiger partial charge in [0, 0.05) is 18.5 Å². The Labute approximate surface area is 142 Å². The molecular weight excluding hydrogens is 328 g/mol. The average Bonchev–Trinajstić information content (AvgIpc) is 2.80. The second kappa shape index (κ2) is 8.10. The highest BCUT2D eigenvalue weighted by Gasteiger charge is 2.29. The first-order valence-electron chi connectivity index (χ1n) is 7.87. The molecule has 130 valence electrons. The molecule has 0 amide bonds. The number of fused-ring (bicyclic) bond motifs is 1. The van der Waals surface area contributed by atoms with Crippen LogP contribution in [0.25, 0.3) is 0 Å². The van der Waals surface area contributed by atoms with E-state index >= 15 is 0 Å². The third-order valence-electron chi connectivity index (χ3n) is 3.45. The summed E-state index contributed by atoms with van der Waals surface area (Å²) in [6.07, 6.45) is 2.70. The van der Waals surface area contributed by atoms with Crippen molar-refractivity contribution in [3.8, 4) is 0 Å². The number of aliphatic imine (C=N–C) groups is 1. The van der Waals surface area contributed by atoms with Crippen molar-refractivity contribution >= 4 is 21.8 Å². The molecule has 1 aromatic rings. The monoisotopic (exact) mass is 350 g/mol. The minimum Gasteiger partial charge on any atom is -0.461 e. The van der Waals surface area contributed by atoms with Crippen LogP contribution in [0, 0.1) is 0 Å². The number of carbonyl (C=O) groups excluding carboxylic acids is 1. The zero-order valence-electron chi connectivity index (χ0n) is 13.7. The maximum atomic E-state index is 11.9. The van der Waals surface area contributed by atoms with Gasteiger partial charge < -0.3 is 4.74 Å². The van der Waals surface area contributed by atoms with E-state index in [0.29, 0.717) is 24.4 Å². The van der Waals surface area contributed by atoms with Gasteiger partial charge in [0.1, 0.15) is 12.4 Å². The Hall–Kier alpha value is -2.15. The molecule has 0 fully saturated rings. The summed E-state index contributed by atoms with van der Waals surface area (Å²) >= 11 is 0. The van der Waals surface area contributed by atoms with Crippen LogP contribution in [0.1, 0.15) is 38.2 Å². The molecule has 1 aliphatic rings. The normalized spacial score (nSPS) is 16.5. The number of amidine groups is 1. The van der Waals surface area contributed by atoms with Crippen LogP contribution in [-0.2, 0) is 19.6 Å². The molecule has 2 rings (SSSR count). The highest BCUT2D eigenvalue weighted by Crippen LogP contribution is 2.22. The fraction of sp³-hybridized carbons (Fsp3) is 0.412. The quantitative estimate of drug-likeness (QED) is 0.443. The maximum Gasteiger partial charge on any atom is 0.306 e. The van der Waals surface area contributed by atoms with E-state index in [9.17, 15) is 13.2 Å². The van der Waals surface area contributed by atoms with Crippen molar-refractivity contribution < 1.29 is 17.9 Å². The number of esters is 1. The van der Waals surface area contributed by atoms with E-state index in [-0.39, 0.29) is 17.5 Å². The van der Waals surface area contributed by atoms with E-state index in [1.807, 2.05) is 6.92 Å². The lowest BCUT2D eigenvalue weighted by Crippen LogP contribution is -2.22. The molecule has 0 radical (unpaired) electrons. The van der Waals surface area contributed by atoms with Crippen molar-refractivity contribution in [3.63, 3.8) is 0 Å². The molecular formula is C17H22N2O4S. The number of ether oxygens (including phenoxy) is 1. The maximum absolute atomic E-state index is 11.9. The summed E-state index contributed by atoms with van der Waals surface area (Å²) in [5, 5.41) is 0. The Balaban J connectivity index is 1.74. The van der Waals surface area contributed by atoms with Crippen LogP contribution in [0.2, 0.25) is 0 Å². The molecule has 0 spiro atoms. The summed E-state index contributed by atoms with van der Waals surface area (Å²) in [5.74, 6) is 0.174. The summed E-state index contributed by atoms with van der Waals surface area (Å²) in [7, 11) is -3.48. The smallest absolute Gasteiger partial charge is 0.306 e. The Bertz CT molecular complexity index is 754. The number of benzene rings is 1. The second-order valence-electron chi connectivity index (χ2n) is 5.76. The van der Waals surface area contributed by atoms with Crippen LogP contribution < -0.4 is 4.72 Å². The molecule has 1 heterocycles. The number of nitrogens with zero attached hydrogens (tertiary/aromatic N) is 1. The molecule has 0 saturated heterocycles. The molecule has 6 nitrogen and oxygen atoms in total. The number of nitrogens with one attached hydrogen (secondary N) is 1. The van der Waals surface area contributed by atoms with Gasteiger partial charge in [0.2, 0.25) is 0 Å². The molecule has 24 heavy (non-hydrogen) atoms. The molecule has 0 unspecified atom stereocenters. The van der Waals surface area contributed by atoms with E-state index in [0.717, 1.165) is 24.8 Å². The molecule has 0 bridgehead atoms. The number of hydrogen-bond acceptors (Lipinski definition) is 5. The van der Waals surface area contributed by atoms with E-state index in [1.54, 1.807) is 24.3 Å². The van der Waals surface area contributed by atoms with Crippen molar-refractivity contribution in [1.29, 1.82) is 0 Å². The first kappa shape index (κ1) is 18.2. The van der Waals surface area contributed by atoms with Gasteiger partial charge in [-0.1, -0.05) is 25.1 Å². The van der Waals surface area contributed by atoms with Crippen LogP contribution in [0.3, 0.4) is 0 Å². The van der Waals surface area contributed by atoms with Gasteiger partial charge >= 0.3 is 5.97 Å². The van der Waals surface area contributed by atoms with Crippen LogP contribution >= 0.6 is 0 Å². The van der Waals surface area contributed by atoms with Gasteiger partial charge in [-0.3, -0.25) is 14.5 Å². The number of rotatable bonds is 8. The van der Waals surface area contributed by atoms with Crippen molar-refractivity contribution in [2.75, 3.05) is 13.2 Å². The highest BCUT2D eigenvalue weighted by molar-refractivity contribution is 7.90. The topological polar surface area (TPSA) is 84.8 Å². The lowest BCUT2D eigenvalue weighted by Gasteiger charge is -2.04. The molecule has 0 aliphatic carbocycles. The standard InChI is InChI=1S/C17H22N2O4S/c1-13(2)12-23-16(20)10-4-3-7-11-18-17-14-8-5-6-9-15(14)24(21,22)19-17/h5-6,8-9H,1,3-4,7,10-12H2,2H3,(H,18,19).